The predicted octanol–water partition coefficient (Wildman–Crippen LogP) is 2.45. The van der Waals surface area contributed by atoms with Crippen LogP contribution in [0.4, 0.5) is 4.79 Å². The molecule has 1 heterocycles. The van der Waals surface area contributed by atoms with Crippen LogP contribution in [0.5, 0.6) is 5.75 Å². The first-order chi connectivity index (χ1) is 7.63. The summed E-state index contributed by atoms with van der Waals surface area (Å²) in [5.41, 5.74) is 0.947. The van der Waals surface area contributed by atoms with Crippen LogP contribution in [0.1, 0.15) is 11.6 Å². The van der Waals surface area contributed by atoms with E-state index in [4.69, 9.17) is 9.84 Å². The first-order valence-electron chi connectivity index (χ1n) is 4.90. The van der Waals surface area contributed by atoms with E-state index in [1.807, 2.05) is 24.5 Å². The molecule has 1 amide bonds. The molecule has 2 rings (SSSR count). The molecule has 0 fully saturated rings. The molecule has 0 bridgehead atoms. The third-order valence-electron chi connectivity index (χ3n) is 2.75. The van der Waals surface area contributed by atoms with E-state index in [-0.39, 0.29) is 6.04 Å². The number of likely N-dealkylation sites (N-methyl/N-ethyl adjacent to an activating group) is 1. The van der Waals surface area contributed by atoms with Crippen molar-refractivity contribution in [2.45, 2.75) is 10.9 Å². The van der Waals surface area contributed by atoms with Crippen LogP contribution in [-0.2, 0) is 0 Å². The van der Waals surface area contributed by atoms with E-state index in [0.29, 0.717) is 6.61 Å². The highest BCUT2D eigenvalue weighted by molar-refractivity contribution is 7.98. The third-order valence-corrected chi connectivity index (χ3v) is 3.47. The van der Waals surface area contributed by atoms with Gasteiger partial charge in [0.05, 0.1) is 6.04 Å². The second-order valence-corrected chi connectivity index (χ2v) is 4.50. The zero-order valence-electron chi connectivity index (χ0n) is 9.14. The largest absolute Gasteiger partial charge is 0.491 e. The van der Waals surface area contributed by atoms with Crippen LogP contribution in [0.2, 0.25) is 0 Å². The lowest BCUT2D eigenvalue weighted by atomic mass is 10.1. The van der Waals surface area contributed by atoms with Crippen LogP contribution in [0.15, 0.2) is 23.1 Å². The number of carbonyl (C=O) groups is 1. The Balaban J connectivity index is 2.30. The van der Waals surface area contributed by atoms with Crippen molar-refractivity contribution in [3.63, 3.8) is 0 Å². The van der Waals surface area contributed by atoms with Gasteiger partial charge >= 0.3 is 6.09 Å². The lowest BCUT2D eigenvalue weighted by Crippen LogP contribution is -2.30. The molecule has 1 N–H and O–H groups in total. The minimum absolute atomic E-state index is 0.191. The molecule has 0 aromatic heterocycles. The number of nitrogens with zero attached hydrogens (tertiary/aromatic N) is 1. The van der Waals surface area contributed by atoms with Crippen molar-refractivity contribution in [2.24, 2.45) is 0 Å². The summed E-state index contributed by atoms with van der Waals surface area (Å²) in [5, 5.41) is 8.94. The van der Waals surface area contributed by atoms with E-state index >= 15 is 0 Å². The molecule has 0 saturated heterocycles. The molecule has 0 spiro atoms. The normalized spacial score (nSPS) is 17.8. The van der Waals surface area contributed by atoms with Crippen molar-refractivity contribution in [1.82, 2.24) is 4.90 Å². The maximum absolute atomic E-state index is 10.9. The molecule has 1 aromatic carbocycles. The quantitative estimate of drug-likeness (QED) is 0.805. The molecule has 5 heteroatoms. The van der Waals surface area contributed by atoms with E-state index in [1.165, 1.54) is 4.90 Å². The Kier molecular flexibility index (Phi) is 2.96. The number of thioether (sulfide) groups is 1. The van der Waals surface area contributed by atoms with Crippen LogP contribution in [0, 0.1) is 0 Å². The van der Waals surface area contributed by atoms with Crippen LogP contribution < -0.4 is 4.74 Å². The molecule has 0 aliphatic carbocycles. The topological polar surface area (TPSA) is 49.8 Å². The summed E-state index contributed by atoms with van der Waals surface area (Å²) in [6.45, 7) is 0.399. The average Bonchev–Trinajstić information content (AvgIpc) is 2.70. The molecular formula is C11H13NO3S. The molecule has 1 atom stereocenters. The molecule has 1 aliphatic rings. The first-order valence-corrected chi connectivity index (χ1v) is 6.12. The Morgan fingerprint density at radius 3 is 3.00 bits per heavy atom. The molecule has 1 aliphatic heterocycles. The van der Waals surface area contributed by atoms with Crippen LogP contribution in [-0.4, -0.2) is 36.0 Å². The van der Waals surface area contributed by atoms with Crippen molar-refractivity contribution in [3.8, 4) is 5.75 Å². The number of fused-ring (bicyclic) bond motifs is 1. The monoisotopic (exact) mass is 239 g/mol. The molecule has 0 unspecified atom stereocenters. The minimum Gasteiger partial charge on any atom is -0.491 e. The number of benzene rings is 1. The number of hydrogen-bond acceptors (Lipinski definition) is 3. The minimum atomic E-state index is -0.935. The molecule has 16 heavy (non-hydrogen) atoms. The summed E-state index contributed by atoms with van der Waals surface area (Å²) in [4.78, 5) is 13.3. The zero-order valence-corrected chi connectivity index (χ0v) is 9.95. The van der Waals surface area contributed by atoms with Crippen LogP contribution in [0.25, 0.3) is 0 Å². The fourth-order valence-electron chi connectivity index (χ4n) is 1.75. The summed E-state index contributed by atoms with van der Waals surface area (Å²) >= 11 is 1.64. The second kappa shape index (κ2) is 4.25. The van der Waals surface area contributed by atoms with E-state index in [1.54, 1.807) is 18.8 Å². The highest BCUT2D eigenvalue weighted by Crippen LogP contribution is 2.37. The molecule has 0 radical (unpaired) electrons. The van der Waals surface area contributed by atoms with Crippen molar-refractivity contribution in [3.05, 3.63) is 23.8 Å². The van der Waals surface area contributed by atoms with Gasteiger partial charge in [-0.15, -0.1) is 11.8 Å². The van der Waals surface area contributed by atoms with E-state index < -0.39 is 6.09 Å². The van der Waals surface area contributed by atoms with Gasteiger partial charge in [-0.1, -0.05) is 6.07 Å². The maximum atomic E-state index is 10.9. The summed E-state index contributed by atoms with van der Waals surface area (Å²) in [7, 11) is 1.56. The fourth-order valence-corrected chi connectivity index (χ4v) is 2.18. The van der Waals surface area contributed by atoms with Crippen LogP contribution in [0.3, 0.4) is 0 Å². The van der Waals surface area contributed by atoms with Crippen molar-refractivity contribution < 1.29 is 14.6 Å². The number of rotatable bonds is 2. The standard InChI is InChI=1S/C11H13NO3S/c1-12(11(13)14)9-6-15-10-5-7(16-2)3-4-8(9)10/h3-5,9H,6H2,1-2H3,(H,13,14)/t9-/m1/s1. The van der Waals surface area contributed by atoms with Gasteiger partial charge in [0.25, 0.3) is 0 Å². The SMILES string of the molecule is CSc1ccc2c(c1)OC[C@H]2N(C)C(=O)O. The molecular weight excluding hydrogens is 226 g/mol. The highest BCUT2D eigenvalue weighted by atomic mass is 32.2. The molecule has 86 valence electrons. The first kappa shape index (κ1) is 11.1. The van der Waals surface area contributed by atoms with Gasteiger partial charge in [0.2, 0.25) is 0 Å². The Labute approximate surface area is 98.2 Å². The van der Waals surface area contributed by atoms with Gasteiger partial charge in [-0.3, -0.25) is 0 Å². The van der Waals surface area contributed by atoms with Gasteiger partial charge in [-0.25, -0.2) is 4.79 Å². The summed E-state index contributed by atoms with van der Waals surface area (Å²) in [6, 6.07) is 5.69. The van der Waals surface area contributed by atoms with Crippen LogP contribution >= 0.6 is 11.8 Å². The smallest absolute Gasteiger partial charge is 0.407 e. The van der Waals surface area contributed by atoms with Gasteiger partial charge in [0, 0.05) is 17.5 Å². The summed E-state index contributed by atoms with van der Waals surface area (Å²) in [5.74, 6) is 0.796. The van der Waals surface area contributed by atoms with Gasteiger partial charge in [-0.05, 0) is 18.4 Å². The van der Waals surface area contributed by atoms with E-state index in [0.717, 1.165) is 16.2 Å². The van der Waals surface area contributed by atoms with Gasteiger partial charge < -0.3 is 14.7 Å². The lowest BCUT2D eigenvalue weighted by molar-refractivity contribution is 0.129. The van der Waals surface area contributed by atoms with E-state index in [2.05, 4.69) is 0 Å². The average molecular weight is 239 g/mol. The van der Waals surface area contributed by atoms with E-state index in [9.17, 15) is 4.79 Å². The Morgan fingerprint density at radius 2 is 2.38 bits per heavy atom. The summed E-state index contributed by atoms with van der Waals surface area (Å²) in [6.07, 6.45) is 1.06. The Hall–Kier alpha value is -1.36. The maximum Gasteiger partial charge on any atom is 0.407 e. The highest BCUT2D eigenvalue weighted by Gasteiger charge is 2.30. The van der Waals surface area contributed by atoms with Crippen molar-refractivity contribution >= 4 is 17.9 Å². The lowest BCUT2D eigenvalue weighted by Gasteiger charge is -2.19. The van der Waals surface area contributed by atoms with Gasteiger partial charge in [-0.2, -0.15) is 0 Å². The Morgan fingerprint density at radius 1 is 1.62 bits per heavy atom. The fraction of sp³-hybridized carbons (Fsp3) is 0.364. The number of carboxylic acid groups (broad SMARTS) is 1. The van der Waals surface area contributed by atoms with Gasteiger partial charge in [0.1, 0.15) is 12.4 Å². The third kappa shape index (κ3) is 1.82. The van der Waals surface area contributed by atoms with Crippen molar-refractivity contribution in [2.75, 3.05) is 19.9 Å². The number of hydrogen-bond donors (Lipinski definition) is 1. The molecule has 1 aromatic rings. The zero-order chi connectivity index (χ0) is 11.7. The molecule has 4 nitrogen and oxygen atoms in total. The number of amides is 1. The number of ether oxygens (including phenoxy) is 1. The second-order valence-electron chi connectivity index (χ2n) is 3.62. The molecule has 0 saturated carbocycles. The summed E-state index contributed by atoms with van der Waals surface area (Å²) < 4.78 is 5.51. The Bertz CT molecular complexity index is 422. The van der Waals surface area contributed by atoms with Crippen molar-refractivity contribution in [1.29, 1.82) is 0 Å². The predicted molar refractivity (Wildman–Crippen MR) is 62.2 cm³/mol. The van der Waals surface area contributed by atoms with Gasteiger partial charge in [0.15, 0.2) is 0 Å².